The lowest BCUT2D eigenvalue weighted by Crippen LogP contribution is -2.08. The summed E-state index contributed by atoms with van der Waals surface area (Å²) in [4.78, 5) is 11.8. The number of nitrogens with one attached hydrogen (secondary N) is 1. The van der Waals surface area contributed by atoms with Crippen molar-refractivity contribution in [3.63, 3.8) is 0 Å². The Morgan fingerprint density at radius 2 is 2.05 bits per heavy atom. The molecule has 0 atom stereocenters. The maximum absolute atomic E-state index is 12.5. The fourth-order valence-corrected chi connectivity index (χ4v) is 1.73. The molecular weight excluding hydrogens is 293 g/mol. The molecule has 2 aromatic rings. The molecule has 20 heavy (non-hydrogen) atoms. The summed E-state index contributed by atoms with van der Waals surface area (Å²) in [5.41, 5.74) is -0.193. The molecular formula is C12H10ClF3N4. The number of aromatic nitrogens is 3. The van der Waals surface area contributed by atoms with Gasteiger partial charge in [0, 0.05) is 12.4 Å². The predicted octanol–water partition coefficient (Wildman–Crippen LogP) is 3.46. The predicted molar refractivity (Wildman–Crippen MR) is 68.3 cm³/mol. The van der Waals surface area contributed by atoms with E-state index in [1.165, 1.54) is 0 Å². The number of pyridine rings is 1. The zero-order valence-electron chi connectivity index (χ0n) is 10.4. The molecule has 0 aliphatic rings. The molecule has 0 radical (unpaired) electrons. The van der Waals surface area contributed by atoms with Crippen molar-refractivity contribution in [3.05, 3.63) is 46.6 Å². The Bertz CT molecular complexity index is 616. The minimum absolute atomic E-state index is 0.0920. The van der Waals surface area contributed by atoms with Crippen LogP contribution in [0.2, 0.25) is 5.02 Å². The van der Waals surface area contributed by atoms with E-state index in [9.17, 15) is 13.2 Å². The summed E-state index contributed by atoms with van der Waals surface area (Å²) in [6.07, 6.45) is -2.13. The van der Waals surface area contributed by atoms with Gasteiger partial charge in [-0.1, -0.05) is 11.6 Å². The highest BCUT2D eigenvalue weighted by Gasteiger charge is 2.31. The first-order valence-corrected chi connectivity index (χ1v) is 5.99. The molecule has 0 amide bonds. The molecule has 2 heterocycles. The monoisotopic (exact) mass is 302 g/mol. The summed E-state index contributed by atoms with van der Waals surface area (Å²) in [6, 6.07) is 2.53. The molecule has 8 heteroatoms. The summed E-state index contributed by atoms with van der Waals surface area (Å²) >= 11 is 5.78. The first kappa shape index (κ1) is 14.5. The normalized spacial score (nSPS) is 11.4. The smallest absolute Gasteiger partial charge is 0.363 e. The molecule has 106 valence electrons. The topological polar surface area (TPSA) is 50.7 Å². The van der Waals surface area contributed by atoms with Crippen LogP contribution in [0.1, 0.15) is 17.1 Å². The van der Waals surface area contributed by atoms with E-state index < -0.39 is 11.7 Å². The van der Waals surface area contributed by atoms with Crippen molar-refractivity contribution in [1.82, 2.24) is 15.0 Å². The lowest BCUT2D eigenvalue weighted by Gasteiger charge is -2.10. The van der Waals surface area contributed by atoms with E-state index in [1.807, 2.05) is 0 Å². The molecule has 0 aromatic carbocycles. The average Bonchev–Trinajstić information content (AvgIpc) is 2.36. The van der Waals surface area contributed by atoms with Crippen LogP contribution < -0.4 is 5.32 Å². The standard InChI is InChI=1S/C12H10ClF3N4/c1-7-17-3-2-9(20-7)6-19-11-10(13)4-8(5-18-11)12(14,15)16/h2-5H,6H2,1H3,(H,18,19). The number of hydrogen-bond donors (Lipinski definition) is 1. The third-order valence-electron chi connectivity index (χ3n) is 2.44. The second kappa shape index (κ2) is 5.62. The minimum Gasteiger partial charge on any atom is -0.363 e. The molecule has 4 nitrogen and oxygen atoms in total. The van der Waals surface area contributed by atoms with E-state index in [2.05, 4.69) is 20.3 Å². The Hall–Kier alpha value is -1.89. The van der Waals surface area contributed by atoms with Crippen molar-refractivity contribution in [1.29, 1.82) is 0 Å². The molecule has 2 aromatic heterocycles. The van der Waals surface area contributed by atoms with Crippen LogP contribution >= 0.6 is 11.6 Å². The largest absolute Gasteiger partial charge is 0.417 e. The van der Waals surface area contributed by atoms with Gasteiger partial charge in [-0.05, 0) is 19.1 Å². The average molecular weight is 303 g/mol. The summed E-state index contributed by atoms with van der Waals surface area (Å²) in [6.45, 7) is 2.04. The summed E-state index contributed by atoms with van der Waals surface area (Å²) in [5.74, 6) is 0.784. The van der Waals surface area contributed by atoms with E-state index in [0.717, 1.165) is 12.3 Å². The van der Waals surface area contributed by atoms with Gasteiger partial charge in [-0.2, -0.15) is 13.2 Å². The van der Waals surface area contributed by atoms with Crippen LogP contribution in [0.4, 0.5) is 19.0 Å². The second-order valence-electron chi connectivity index (χ2n) is 4.00. The van der Waals surface area contributed by atoms with E-state index in [1.54, 1.807) is 19.2 Å². The number of aryl methyl sites for hydroxylation is 1. The highest BCUT2D eigenvalue weighted by atomic mass is 35.5. The SMILES string of the molecule is Cc1nccc(CNc2ncc(C(F)(F)F)cc2Cl)n1. The Morgan fingerprint density at radius 1 is 1.30 bits per heavy atom. The van der Waals surface area contributed by atoms with Crippen molar-refractivity contribution >= 4 is 17.4 Å². The van der Waals surface area contributed by atoms with Gasteiger partial charge in [0.25, 0.3) is 0 Å². The van der Waals surface area contributed by atoms with Crippen LogP contribution in [0.15, 0.2) is 24.5 Å². The molecule has 2 rings (SSSR count). The lowest BCUT2D eigenvalue weighted by molar-refractivity contribution is -0.137. The highest BCUT2D eigenvalue weighted by molar-refractivity contribution is 6.32. The van der Waals surface area contributed by atoms with Gasteiger partial charge in [0.05, 0.1) is 22.8 Å². The molecule has 0 fully saturated rings. The summed E-state index contributed by atoms with van der Waals surface area (Å²) in [7, 11) is 0. The fourth-order valence-electron chi connectivity index (χ4n) is 1.50. The van der Waals surface area contributed by atoms with Gasteiger partial charge in [-0.15, -0.1) is 0 Å². The third kappa shape index (κ3) is 3.57. The Morgan fingerprint density at radius 3 is 2.65 bits per heavy atom. The van der Waals surface area contributed by atoms with Gasteiger partial charge < -0.3 is 5.32 Å². The Kier molecular flexibility index (Phi) is 4.08. The van der Waals surface area contributed by atoms with Crippen LogP contribution in [0.5, 0.6) is 0 Å². The van der Waals surface area contributed by atoms with E-state index in [-0.39, 0.29) is 10.8 Å². The summed E-state index contributed by atoms with van der Waals surface area (Å²) in [5, 5.41) is 2.74. The van der Waals surface area contributed by atoms with Gasteiger partial charge in [-0.3, -0.25) is 0 Å². The number of rotatable bonds is 3. The number of halogens is 4. The molecule has 0 saturated heterocycles. The van der Waals surface area contributed by atoms with E-state index in [4.69, 9.17) is 11.6 Å². The minimum atomic E-state index is -4.46. The molecule has 0 aliphatic carbocycles. The van der Waals surface area contributed by atoms with Crippen LogP contribution in [0, 0.1) is 6.92 Å². The van der Waals surface area contributed by atoms with E-state index >= 15 is 0 Å². The Labute approximate surface area is 118 Å². The number of anilines is 1. The first-order chi connectivity index (χ1) is 9.36. The number of alkyl halides is 3. The van der Waals surface area contributed by atoms with Gasteiger partial charge in [-0.25, -0.2) is 15.0 Å². The maximum Gasteiger partial charge on any atom is 0.417 e. The maximum atomic E-state index is 12.5. The van der Waals surface area contributed by atoms with Gasteiger partial charge in [0.2, 0.25) is 0 Å². The van der Waals surface area contributed by atoms with Crippen molar-refractivity contribution < 1.29 is 13.2 Å². The van der Waals surface area contributed by atoms with E-state index in [0.29, 0.717) is 18.1 Å². The van der Waals surface area contributed by atoms with Crippen molar-refractivity contribution in [2.75, 3.05) is 5.32 Å². The summed E-state index contributed by atoms with van der Waals surface area (Å²) < 4.78 is 37.4. The third-order valence-corrected chi connectivity index (χ3v) is 2.73. The molecule has 0 spiro atoms. The van der Waals surface area contributed by atoms with Crippen molar-refractivity contribution in [3.8, 4) is 0 Å². The molecule has 0 aliphatic heterocycles. The molecule has 0 saturated carbocycles. The van der Waals surface area contributed by atoms with Crippen LogP contribution in [0.3, 0.4) is 0 Å². The van der Waals surface area contributed by atoms with Gasteiger partial charge in [0.1, 0.15) is 11.6 Å². The molecule has 0 unspecified atom stereocenters. The fraction of sp³-hybridized carbons (Fsp3) is 0.250. The van der Waals surface area contributed by atoms with Crippen LogP contribution in [-0.2, 0) is 12.7 Å². The Balaban J connectivity index is 2.11. The first-order valence-electron chi connectivity index (χ1n) is 5.61. The highest BCUT2D eigenvalue weighted by Crippen LogP contribution is 2.32. The second-order valence-corrected chi connectivity index (χ2v) is 4.41. The van der Waals surface area contributed by atoms with Crippen LogP contribution in [-0.4, -0.2) is 15.0 Å². The zero-order chi connectivity index (χ0) is 14.8. The van der Waals surface area contributed by atoms with Gasteiger partial charge in [0.15, 0.2) is 0 Å². The number of nitrogens with zero attached hydrogens (tertiary/aromatic N) is 3. The zero-order valence-corrected chi connectivity index (χ0v) is 11.1. The number of hydrogen-bond acceptors (Lipinski definition) is 4. The quantitative estimate of drug-likeness (QED) is 0.943. The van der Waals surface area contributed by atoms with Crippen molar-refractivity contribution in [2.24, 2.45) is 0 Å². The van der Waals surface area contributed by atoms with Gasteiger partial charge >= 0.3 is 6.18 Å². The lowest BCUT2D eigenvalue weighted by atomic mass is 10.2. The molecule has 0 bridgehead atoms. The van der Waals surface area contributed by atoms with Crippen LogP contribution in [0.25, 0.3) is 0 Å². The molecule has 1 N–H and O–H groups in total. The van der Waals surface area contributed by atoms with Crippen molar-refractivity contribution in [2.45, 2.75) is 19.6 Å².